The molecule has 0 radical (unpaired) electrons. The van der Waals surface area contributed by atoms with Crippen LogP contribution in [0.25, 0.3) is 6.08 Å². The molecule has 1 heteroatoms. The molecule has 16 heavy (non-hydrogen) atoms. The summed E-state index contributed by atoms with van der Waals surface area (Å²) in [5.41, 5.74) is 2.67. The summed E-state index contributed by atoms with van der Waals surface area (Å²) in [7, 11) is 0. The van der Waals surface area contributed by atoms with Crippen LogP contribution in [0.1, 0.15) is 32.8 Å². The summed E-state index contributed by atoms with van der Waals surface area (Å²) >= 11 is 0. The van der Waals surface area contributed by atoms with Crippen LogP contribution in [0.5, 0.6) is 0 Å². The number of rotatable bonds is 6. The minimum absolute atomic E-state index is 0.783. The zero-order chi connectivity index (χ0) is 11.8. The van der Waals surface area contributed by atoms with Crippen molar-refractivity contribution in [3.8, 4) is 0 Å². The molecule has 0 unspecified atom stereocenters. The van der Waals surface area contributed by atoms with Gasteiger partial charge in [-0.2, -0.15) is 0 Å². The van der Waals surface area contributed by atoms with Crippen molar-refractivity contribution in [2.75, 3.05) is 13.1 Å². The first-order valence-corrected chi connectivity index (χ1v) is 6.11. The van der Waals surface area contributed by atoms with E-state index < -0.39 is 0 Å². The van der Waals surface area contributed by atoms with Gasteiger partial charge in [0.1, 0.15) is 0 Å². The minimum Gasteiger partial charge on any atom is -0.313 e. The lowest BCUT2D eigenvalue weighted by Crippen LogP contribution is -2.18. The third-order valence-electron chi connectivity index (χ3n) is 2.51. The van der Waals surface area contributed by atoms with E-state index in [0.717, 1.165) is 19.0 Å². The molecule has 1 rings (SSSR count). The van der Waals surface area contributed by atoms with Crippen LogP contribution >= 0.6 is 0 Å². The van der Waals surface area contributed by atoms with E-state index >= 15 is 0 Å². The molecular formula is C15H23N. The van der Waals surface area contributed by atoms with E-state index in [0.29, 0.717) is 0 Å². The largest absolute Gasteiger partial charge is 0.313 e. The van der Waals surface area contributed by atoms with E-state index in [2.05, 4.69) is 56.4 Å². The lowest BCUT2D eigenvalue weighted by Gasteiger charge is -2.07. The molecule has 0 spiro atoms. The number of hydrogen-bond acceptors (Lipinski definition) is 1. The Hall–Kier alpha value is -1.08. The Bertz CT molecular complexity index is 311. The third kappa shape index (κ3) is 5.72. The van der Waals surface area contributed by atoms with Gasteiger partial charge in [0.15, 0.2) is 0 Å². The molecule has 0 aliphatic carbocycles. The Morgan fingerprint density at radius 2 is 1.94 bits per heavy atom. The van der Waals surface area contributed by atoms with Crippen molar-refractivity contribution in [1.82, 2.24) is 5.32 Å². The van der Waals surface area contributed by atoms with E-state index in [-0.39, 0.29) is 0 Å². The Kier molecular flexibility index (Phi) is 5.87. The monoisotopic (exact) mass is 217 g/mol. The van der Waals surface area contributed by atoms with Gasteiger partial charge in [-0.3, -0.25) is 0 Å². The molecule has 88 valence electrons. The highest BCUT2D eigenvalue weighted by Gasteiger charge is 1.94. The molecular weight excluding hydrogens is 194 g/mol. The highest BCUT2D eigenvalue weighted by molar-refractivity contribution is 5.52. The van der Waals surface area contributed by atoms with Crippen molar-refractivity contribution >= 4 is 6.08 Å². The predicted molar refractivity (Wildman–Crippen MR) is 72.4 cm³/mol. The third-order valence-corrected chi connectivity index (χ3v) is 2.51. The zero-order valence-corrected chi connectivity index (χ0v) is 10.7. The first-order valence-electron chi connectivity index (χ1n) is 6.11. The van der Waals surface area contributed by atoms with Gasteiger partial charge in [0.2, 0.25) is 0 Å². The summed E-state index contributed by atoms with van der Waals surface area (Å²) in [5.74, 6) is 0.783. The first-order chi connectivity index (χ1) is 7.68. The summed E-state index contributed by atoms with van der Waals surface area (Å²) < 4.78 is 0. The second-order valence-electron chi connectivity index (χ2n) is 4.76. The molecule has 1 N–H and O–H groups in total. The standard InChI is InChI=1S/C15H23N/c1-13(2)9-10-16-12-14(3)11-15-7-5-4-6-8-15/h4-8,11,13,16H,9-10,12H2,1-3H3/b14-11+. The van der Waals surface area contributed by atoms with E-state index in [1.165, 1.54) is 17.6 Å². The van der Waals surface area contributed by atoms with Gasteiger partial charge in [-0.25, -0.2) is 0 Å². The number of hydrogen-bond donors (Lipinski definition) is 1. The fraction of sp³-hybridized carbons (Fsp3) is 0.467. The van der Waals surface area contributed by atoms with Crippen LogP contribution in [-0.4, -0.2) is 13.1 Å². The van der Waals surface area contributed by atoms with Crippen LogP contribution in [0.2, 0.25) is 0 Å². The van der Waals surface area contributed by atoms with Crippen molar-refractivity contribution in [3.05, 3.63) is 41.5 Å². The SMILES string of the molecule is C/C(=C\c1ccccc1)CNCCC(C)C. The maximum Gasteiger partial charge on any atom is 0.0165 e. The van der Waals surface area contributed by atoms with Crippen molar-refractivity contribution in [2.24, 2.45) is 5.92 Å². The fourth-order valence-corrected chi connectivity index (χ4v) is 1.56. The molecule has 0 atom stereocenters. The van der Waals surface area contributed by atoms with Gasteiger partial charge >= 0.3 is 0 Å². The molecule has 0 amide bonds. The predicted octanol–water partition coefficient (Wildman–Crippen LogP) is 3.73. The van der Waals surface area contributed by atoms with Gasteiger partial charge < -0.3 is 5.32 Å². The van der Waals surface area contributed by atoms with Crippen molar-refractivity contribution < 1.29 is 0 Å². The Balaban J connectivity index is 2.30. The number of nitrogens with one attached hydrogen (secondary N) is 1. The normalized spacial score (nSPS) is 12.1. The van der Waals surface area contributed by atoms with Crippen LogP contribution < -0.4 is 5.32 Å². The molecule has 0 aliphatic heterocycles. The molecule has 0 fully saturated rings. The smallest absolute Gasteiger partial charge is 0.0165 e. The highest BCUT2D eigenvalue weighted by Crippen LogP contribution is 2.05. The quantitative estimate of drug-likeness (QED) is 0.716. The average Bonchev–Trinajstić information content (AvgIpc) is 2.25. The van der Waals surface area contributed by atoms with E-state index in [9.17, 15) is 0 Å². The Morgan fingerprint density at radius 3 is 2.56 bits per heavy atom. The maximum atomic E-state index is 3.47. The van der Waals surface area contributed by atoms with Gasteiger partial charge in [0.25, 0.3) is 0 Å². The minimum atomic E-state index is 0.783. The van der Waals surface area contributed by atoms with Gasteiger partial charge in [-0.05, 0) is 31.4 Å². The summed E-state index contributed by atoms with van der Waals surface area (Å²) in [6.07, 6.45) is 3.49. The van der Waals surface area contributed by atoms with Crippen LogP contribution in [0.15, 0.2) is 35.9 Å². The first kappa shape index (κ1) is 13.0. The summed E-state index contributed by atoms with van der Waals surface area (Å²) in [4.78, 5) is 0. The molecule has 1 aromatic carbocycles. The summed E-state index contributed by atoms with van der Waals surface area (Å²) in [6.45, 7) is 8.79. The van der Waals surface area contributed by atoms with E-state index in [4.69, 9.17) is 0 Å². The highest BCUT2D eigenvalue weighted by atomic mass is 14.8. The van der Waals surface area contributed by atoms with Crippen LogP contribution in [0, 0.1) is 5.92 Å². The van der Waals surface area contributed by atoms with Gasteiger partial charge in [0.05, 0.1) is 0 Å². The molecule has 1 nitrogen and oxygen atoms in total. The molecule has 0 heterocycles. The molecule has 0 saturated carbocycles. The summed E-state index contributed by atoms with van der Waals surface area (Å²) in [6, 6.07) is 10.5. The number of benzene rings is 1. The average molecular weight is 217 g/mol. The van der Waals surface area contributed by atoms with Crippen molar-refractivity contribution in [3.63, 3.8) is 0 Å². The van der Waals surface area contributed by atoms with Crippen LogP contribution in [0.3, 0.4) is 0 Å². The maximum absolute atomic E-state index is 3.47. The van der Waals surface area contributed by atoms with Gasteiger partial charge in [-0.15, -0.1) is 0 Å². The van der Waals surface area contributed by atoms with Gasteiger partial charge in [0, 0.05) is 6.54 Å². The van der Waals surface area contributed by atoms with E-state index in [1.807, 2.05) is 6.07 Å². The Morgan fingerprint density at radius 1 is 1.25 bits per heavy atom. The van der Waals surface area contributed by atoms with Gasteiger partial charge in [-0.1, -0.05) is 55.8 Å². The molecule has 0 aliphatic rings. The topological polar surface area (TPSA) is 12.0 Å². The zero-order valence-electron chi connectivity index (χ0n) is 10.7. The second kappa shape index (κ2) is 7.24. The molecule has 1 aromatic rings. The van der Waals surface area contributed by atoms with Crippen molar-refractivity contribution in [2.45, 2.75) is 27.2 Å². The van der Waals surface area contributed by atoms with E-state index in [1.54, 1.807) is 0 Å². The van der Waals surface area contributed by atoms with Crippen LogP contribution in [-0.2, 0) is 0 Å². The molecule has 0 bridgehead atoms. The lowest BCUT2D eigenvalue weighted by atomic mass is 10.1. The Labute approximate surface area is 99.6 Å². The van der Waals surface area contributed by atoms with Crippen molar-refractivity contribution in [1.29, 1.82) is 0 Å². The second-order valence-corrected chi connectivity index (χ2v) is 4.76. The lowest BCUT2D eigenvalue weighted by molar-refractivity contribution is 0.550. The summed E-state index contributed by atoms with van der Waals surface area (Å²) in [5, 5.41) is 3.47. The molecule has 0 aromatic heterocycles. The molecule has 0 saturated heterocycles. The fourth-order valence-electron chi connectivity index (χ4n) is 1.56. The van der Waals surface area contributed by atoms with Crippen LogP contribution in [0.4, 0.5) is 0 Å².